The fourth-order valence-corrected chi connectivity index (χ4v) is 1.62. The summed E-state index contributed by atoms with van der Waals surface area (Å²) in [6, 6.07) is 0. The van der Waals surface area contributed by atoms with Gasteiger partial charge in [0.15, 0.2) is 12.6 Å². The van der Waals surface area contributed by atoms with Crippen molar-refractivity contribution in [1.82, 2.24) is 5.32 Å². The minimum atomic E-state index is -1.67. The Morgan fingerprint density at radius 3 is 2.38 bits per heavy atom. The molecule has 1 aliphatic rings. The number of carbonyl (C=O) groups is 1. The van der Waals surface area contributed by atoms with Crippen LogP contribution in [0.3, 0.4) is 0 Å². The van der Waals surface area contributed by atoms with Crippen molar-refractivity contribution in [3.05, 3.63) is 0 Å². The van der Waals surface area contributed by atoms with Gasteiger partial charge in [0.1, 0.15) is 18.3 Å². The molecule has 4 unspecified atom stereocenters. The molecule has 0 aromatic heterocycles. The van der Waals surface area contributed by atoms with Gasteiger partial charge in [-0.1, -0.05) is 0 Å². The lowest BCUT2D eigenvalue weighted by Gasteiger charge is -2.37. The van der Waals surface area contributed by atoms with Crippen molar-refractivity contribution >= 4 is 5.91 Å². The van der Waals surface area contributed by atoms with E-state index < -0.39 is 36.3 Å². The third kappa shape index (κ3) is 4.58. The lowest BCUT2D eigenvalue weighted by Crippen LogP contribution is -2.58. The number of carbonyl (C=O) groups excluding carboxylic acids is 1. The first-order chi connectivity index (χ1) is 9.70. The van der Waals surface area contributed by atoms with Crippen LogP contribution in [0, 0.1) is 5.41 Å². The summed E-state index contributed by atoms with van der Waals surface area (Å²) >= 11 is 0. The van der Waals surface area contributed by atoms with E-state index in [-0.39, 0.29) is 25.7 Å². The summed E-state index contributed by atoms with van der Waals surface area (Å²) in [5, 5.41) is 49.2. The van der Waals surface area contributed by atoms with E-state index in [1.807, 2.05) is 0 Å². The zero-order chi connectivity index (χ0) is 16.2. The van der Waals surface area contributed by atoms with E-state index in [1.54, 1.807) is 13.8 Å². The van der Waals surface area contributed by atoms with Crippen molar-refractivity contribution in [2.45, 2.75) is 44.7 Å². The van der Waals surface area contributed by atoms with Crippen molar-refractivity contribution in [2.24, 2.45) is 5.41 Å². The molecule has 5 atom stereocenters. The van der Waals surface area contributed by atoms with E-state index >= 15 is 0 Å². The number of nitrogens with one attached hydrogen (secondary N) is 1. The van der Waals surface area contributed by atoms with Crippen LogP contribution >= 0.6 is 0 Å². The summed E-state index contributed by atoms with van der Waals surface area (Å²) in [5.74, 6) is -0.366. The highest BCUT2D eigenvalue weighted by molar-refractivity contribution is 5.81. The highest BCUT2D eigenvalue weighted by Gasteiger charge is 2.43. The Balaban J connectivity index is 2.34. The SMILES string of the molecule is CC(C)(CO)C(=O)NCCO[C@H]1OC(O)C(O)C(O)C1O. The normalized spacial score (nSPS) is 33.8. The summed E-state index contributed by atoms with van der Waals surface area (Å²) in [5.41, 5.74) is -0.919. The van der Waals surface area contributed by atoms with Crippen molar-refractivity contribution in [1.29, 1.82) is 0 Å². The Morgan fingerprint density at radius 2 is 1.81 bits per heavy atom. The van der Waals surface area contributed by atoms with Gasteiger partial charge in [0.2, 0.25) is 5.91 Å². The number of aliphatic hydroxyl groups excluding tert-OH is 5. The lowest BCUT2D eigenvalue weighted by atomic mass is 9.94. The van der Waals surface area contributed by atoms with Crippen LogP contribution in [-0.4, -0.2) is 82.1 Å². The monoisotopic (exact) mass is 309 g/mol. The van der Waals surface area contributed by atoms with E-state index in [0.29, 0.717) is 0 Å². The number of ether oxygens (including phenoxy) is 2. The topological polar surface area (TPSA) is 149 Å². The Kier molecular flexibility index (Phi) is 6.47. The molecular formula is C12H23NO8. The molecule has 0 saturated carbocycles. The van der Waals surface area contributed by atoms with Crippen molar-refractivity contribution < 1.29 is 39.8 Å². The molecule has 0 radical (unpaired) electrons. The fourth-order valence-electron chi connectivity index (χ4n) is 1.62. The molecule has 1 heterocycles. The molecular weight excluding hydrogens is 286 g/mol. The summed E-state index contributed by atoms with van der Waals surface area (Å²) in [7, 11) is 0. The van der Waals surface area contributed by atoms with Crippen LogP contribution in [0.1, 0.15) is 13.8 Å². The summed E-state index contributed by atoms with van der Waals surface area (Å²) in [6.07, 6.45) is -7.72. The van der Waals surface area contributed by atoms with Crippen LogP contribution < -0.4 is 5.32 Å². The van der Waals surface area contributed by atoms with Gasteiger partial charge in [0.05, 0.1) is 18.6 Å². The highest BCUT2D eigenvalue weighted by Crippen LogP contribution is 2.20. The summed E-state index contributed by atoms with van der Waals surface area (Å²) in [6.45, 7) is 2.88. The van der Waals surface area contributed by atoms with Gasteiger partial charge in [-0.3, -0.25) is 4.79 Å². The van der Waals surface area contributed by atoms with Crippen molar-refractivity contribution in [3.8, 4) is 0 Å². The van der Waals surface area contributed by atoms with Crippen LogP contribution in [0.2, 0.25) is 0 Å². The van der Waals surface area contributed by atoms with Crippen molar-refractivity contribution in [2.75, 3.05) is 19.8 Å². The minimum absolute atomic E-state index is 0.0511. The van der Waals surface area contributed by atoms with E-state index in [1.165, 1.54) is 0 Å². The van der Waals surface area contributed by atoms with Gasteiger partial charge in [-0.2, -0.15) is 0 Å². The van der Waals surface area contributed by atoms with Crippen LogP contribution in [0.25, 0.3) is 0 Å². The molecule has 9 nitrogen and oxygen atoms in total. The van der Waals surface area contributed by atoms with Gasteiger partial charge in [-0.15, -0.1) is 0 Å². The first-order valence-electron chi connectivity index (χ1n) is 6.59. The molecule has 9 heteroatoms. The molecule has 0 bridgehead atoms. The van der Waals surface area contributed by atoms with E-state index in [4.69, 9.17) is 14.6 Å². The van der Waals surface area contributed by atoms with Gasteiger partial charge in [0.25, 0.3) is 0 Å². The second-order valence-electron chi connectivity index (χ2n) is 5.54. The number of rotatable bonds is 6. The smallest absolute Gasteiger partial charge is 0.228 e. The van der Waals surface area contributed by atoms with E-state index in [2.05, 4.69) is 5.32 Å². The fraction of sp³-hybridized carbons (Fsp3) is 0.917. The van der Waals surface area contributed by atoms with Crippen LogP contribution in [0.4, 0.5) is 0 Å². The molecule has 1 fully saturated rings. The maximum atomic E-state index is 11.6. The van der Waals surface area contributed by atoms with E-state index in [9.17, 15) is 25.2 Å². The Morgan fingerprint density at radius 1 is 1.19 bits per heavy atom. The standard InChI is InChI=1S/C12H23NO8/c1-12(2,5-14)11(19)13-3-4-20-10-8(17)6(15)7(16)9(18)21-10/h6-10,14-18H,3-5H2,1-2H3,(H,13,19)/t6?,7?,8?,9?,10-/m0/s1. The average molecular weight is 309 g/mol. The highest BCUT2D eigenvalue weighted by atomic mass is 16.7. The lowest BCUT2D eigenvalue weighted by molar-refractivity contribution is -0.339. The third-order valence-corrected chi connectivity index (χ3v) is 3.22. The minimum Gasteiger partial charge on any atom is -0.395 e. The average Bonchev–Trinajstić information content (AvgIpc) is 2.45. The number of amides is 1. The predicted molar refractivity (Wildman–Crippen MR) is 68.7 cm³/mol. The molecule has 1 saturated heterocycles. The molecule has 0 aliphatic carbocycles. The second kappa shape index (κ2) is 7.45. The maximum absolute atomic E-state index is 11.6. The first kappa shape index (κ1) is 18.2. The quantitative estimate of drug-likeness (QED) is 0.282. The van der Waals surface area contributed by atoms with Crippen LogP contribution in [0.15, 0.2) is 0 Å². The number of aliphatic hydroxyl groups is 5. The van der Waals surface area contributed by atoms with Gasteiger partial charge in [-0.05, 0) is 13.8 Å². The van der Waals surface area contributed by atoms with Gasteiger partial charge < -0.3 is 40.3 Å². The Bertz CT molecular complexity index is 350. The third-order valence-electron chi connectivity index (χ3n) is 3.22. The van der Waals surface area contributed by atoms with Crippen LogP contribution in [-0.2, 0) is 14.3 Å². The molecule has 6 N–H and O–H groups in total. The van der Waals surface area contributed by atoms with Crippen molar-refractivity contribution in [3.63, 3.8) is 0 Å². The zero-order valence-electron chi connectivity index (χ0n) is 12.0. The summed E-state index contributed by atoms with van der Waals surface area (Å²) in [4.78, 5) is 11.6. The summed E-state index contributed by atoms with van der Waals surface area (Å²) < 4.78 is 9.90. The van der Waals surface area contributed by atoms with Gasteiger partial charge in [-0.25, -0.2) is 0 Å². The molecule has 1 aliphatic heterocycles. The maximum Gasteiger partial charge on any atom is 0.228 e. The molecule has 124 valence electrons. The second-order valence-corrected chi connectivity index (χ2v) is 5.54. The largest absolute Gasteiger partial charge is 0.395 e. The molecule has 1 rings (SSSR count). The predicted octanol–water partition coefficient (Wildman–Crippen LogP) is -3.10. The molecule has 0 spiro atoms. The Hall–Kier alpha value is -0.810. The molecule has 0 aromatic carbocycles. The van der Waals surface area contributed by atoms with Gasteiger partial charge >= 0.3 is 0 Å². The molecule has 0 aromatic rings. The number of hydrogen-bond donors (Lipinski definition) is 6. The first-order valence-corrected chi connectivity index (χ1v) is 6.59. The zero-order valence-corrected chi connectivity index (χ0v) is 12.0. The van der Waals surface area contributed by atoms with Crippen LogP contribution in [0.5, 0.6) is 0 Å². The molecule has 1 amide bonds. The number of hydrogen-bond acceptors (Lipinski definition) is 8. The molecule has 21 heavy (non-hydrogen) atoms. The van der Waals surface area contributed by atoms with E-state index in [0.717, 1.165) is 0 Å². The Labute approximate surface area is 122 Å². The van der Waals surface area contributed by atoms with Gasteiger partial charge in [0, 0.05) is 6.54 Å².